The van der Waals surface area contributed by atoms with Crippen LogP contribution in [-0.4, -0.2) is 17.1 Å². The van der Waals surface area contributed by atoms with Gasteiger partial charge in [0.1, 0.15) is 11.3 Å². The van der Waals surface area contributed by atoms with E-state index in [2.05, 4.69) is 0 Å². The Kier molecular flexibility index (Phi) is 3.71. The number of thioether (sulfide) groups is 1. The Hall–Kier alpha value is -0.580. The molecule has 1 rings (SSSR count). The maximum atomic E-state index is 12.7. The minimum Gasteiger partial charge on any atom is -0.381 e. The molecule has 0 spiro atoms. The minimum atomic E-state index is -0.621. The van der Waals surface area contributed by atoms with E-state index >= 15 is 0 Å². The van der Waals surface area contributed by atoms with Gasteiger partial charge in [0.25, 0.3) is 0 Å². The summed E-state index contributed by atoms with van der Waals surface area (Å²) in [6, 6.07) is 4.46. The Morgan fingerprint density at radius 2 is 2.31 bits per heavy atom. The Bertz CT molecular complexity index is 293. The quantitative estimate of drug-likeness (QED) is 0.575. The number of nitrogens with two attached hydrogens (primary N) is 1. The lowest BCUT2D eigenvalue weighted by Gasteiger charge is -2.09. The molecule has 0 saturated heterocycles. The van der Waals surface area contributed by atoms with Gasteiger partial charge >= 0.3 is 0 Å². The van der Waals surface area contributed by atoms with E-state index in [0.717, 1.165) is 10.5 Å². The smallest absolute Gasteiger partial charge is 0.123 e. The SMILES string of the molecule is Cc1cc(F)ccc1SC(O)CN. The highest BCUT2D eigenvalue weighted by molar-refractivity contribution is 7.99. The van der Waals surface area contributed by atoms with E-state index < -0.39 is 5.44 Å². The molecule has 0 radical (unpaired) electrons. The Balaban J connectivity index is 2.77. The summed E-state index contributed by atoms with van der Waals surface area (Å²) in [6.45, 7) is 2.00. The molecular weight excluding hydrogens is 189 g/mol. The highest BCUT2D eigenvalue weighted by Gasteiger charge is 2.06. The van der Waals surface area contributed by atoms with Gasteiger partial charge in [-0.25, -0.2) is 4.39 Å². The molecule has 72 valence electrons. The molecule has 0 aliphatic carbocycles. The largest absolute Gasteiger partial charge is 0.381 e. The monoisotopic (exact) mass is 201 g/mol. The molecule has 0 heterocycles. The van der Waals surface area contributed by atoms with Crippen LogP contribution in [0.4, 0.5) is 4.39 Å². The normalized spacial score (nSPS) is 12.9. The maximum Gasteiger partial charge on any atom is 0.123 e. The maximum absolute atomic E-state index is 12.7. The third-order valence-electron chi connectivity index (χ3n) is 1.60. The van der Waals surface area contributed by atoms with Crippen molar-refractivity contribution in [1.29, 1.82) is 0 Å². The molecule has 13 heavy (non-hydrogen) atoms. The third kappa shape index (κ3) is 2.99. The fourth-order valence-corrected chi connectivity index (χ4v) is 1.72. The fourth-order valence-electron chi connectivity index (χ4n) is 0.940. The van der Waals surface area contributed by atoms with Gasteiger partial charge in [0.05, 0.1) is 0 Å². The second kappa shape index (κ2) is 4.60. The first-order valence-electron chi connectivity index (χ1n) is 3.94. The van der Waals surface area contributed by atoms with Crippen molar-refractivity contribution in [1.82, 2.24) is 0 Å². The van der Waals surface area contributed by atoms with Crippen LogP contribution in [0.3, 0.4) is 0 Å². The number of aliphatic hydroxyl groups excluding tert-OH is 1. The average Bonchev–Trinajstić information content (AvgIpc) is 2.09. The number of hydrogen-bond acceptors (Lipinski definition) is 3. The van der Waals surface area contributed by atoms with E-state index in [-0.39, 0.29) is 12.4 Å². The number of benzene rings is 1. The van der Waals surface area contributed by atoms with Gasteiger partial charge < -0.3 is 10.8 Å². The zero-order valence-electron chi connectivity index (χ0n) is 7.33. The van der Waals surface area contributed by atoms with Crippen LogP contribution in [0.15, 0.2) is 23.1 Å². The zero-order valence-corrected chi connectivity index (χ0v) is 8.14. The van der Waals surface area contributed by atoms with Crippen LogP contribution in [-0.2, 0) is 0 Å². The van der Waals surface area contributed by atoms with Crippen molar-refractivity contribution in [3.8, 4) is 0 Å². The van der Waals surface area contributed by atoms with E-state index in [4.69, 9.17) is 5.73 Å². The van der Waals surface area contributed by atoms with E-state index in [0.29, 0.717) is 0 Å². The van der Waals surface area contributed by atoms with Gasteiger partial charge in [0.2, 0.25) is 0 Å². The second-order valence-electron chi connectivity index (χ2n) is 2.72. The van der Waals surface area contributed by atoms with Crippen LogP contribution in [0, 0.1) is 12.7 Å². The standard InChI is InChI=1S/C9H12FNOS/c1-6-4-7(10)2-3-8(6)13-9(12)5-11/h2-4,9,12H,5,11H2,1H3. The van der Waals surface area contributed by atoms with E-state index in [1.807, 2.05) is 0 Å². The van der Waals surface area contributed by atoms with Crippen LogP contribution in [0.5, 0.6) is 0 Å². The number of aryl methyl sites for hydroxylation is 1. The minimum absolute atomic E-state index is 0.196. The number of halogens is 1. The van der Waals surface area contributed by atoms with Gasteiger partial charge in [0, 0.05) is 11.4 Å². The van der Waals surface area contributed by atoms with E-state index in [1.165, 1.54) is 23.9 Å². The van der Waals surface area contributed by atoms with Crippen LogP contribution in [0.1, 0.15) is 5.56 Å². The van der Waals surface area contributed by atoms with E-state index in [9.17, 15) is 9.50 Å². The predicted octanol–water partition coefficient (Wildman–Crippen LogP) is 1.50. The van der Waals surface area contributed by atoms with Crippen LogP contribution in [0.2, 0.25) is 0 Å². The lowest BCUT2D eigenvalue weighted by atomic mass is 10.2. The molecule has 4 heteroatoms. The summed E-state index contributed by atoms with van der Waals surface area (Å²) in [4.78, 5) is 0.861. The predicted molar refractivity (Wildman–Crippen MR) is 52.1 cm³/mol. The summed E-state index contributed by atoms with van der Waals surface area (Å²) in [6.07, 6.45) is 0. The van der Waals surface area contributed by atoms with Crippen LogP contribution in [0.25, 0.3) is 0 Å². The molecule has 0 saturated carbocycles. The molecule has 1 atom stereocenters. The number of aliphatic hydroxyl groups is 1. The first-order chi connectivity index (χ1) is 6.13. The summed E-state index contributed by atoms with van der Waals surface area (Å²) in [7, 11) is 0. The van der Waals surface area contributed by atoms with Gasteiger partial charge in [-0.1, -0.05) is 11.8 Å². The molecule has 1 unspecified atom stereocenters. The molecule has 1 aromatic carbocycles. The zero-order chi connectivity index (χ0) is 9.84. The lowest BCUT2D eigenvalue weighted by molar-refractivity contribution is 0.271. The van der Waals surface area contributed by atoms with Gasteiger partial charge in [-0.3, -0.25) is 0 Å². The second-order valence-corrected chi connectivity index (χ2v) is 3.94. The van der Waals surface area contributed by atoms with Crippen LogP contribution < -0.4 is 5.73 Å². The summed E-state index contributed by atoms with van der Waals surface area (Å²) >= 11 is 1.24. The van der Waals surface area contributed by atoms with Gasteiger partial charge in [-0.05, 0) is 30.7 Å². The molecular formula is C9H12FNOS. The molecule has 0 aliphatic rings. The molecule has 1 aromatic rings. The Labute approximate surface area is 80.9 Å². The van der Waals surface area contributed by atoms with Crippen molar-refractivity contribution in [3.05, 3.63) is 29.6 Å². The van der Waals surface area contributed by atoms with Crippen molar-refractivity contribution in [2.75, 3.05) is 6.54 Å². The molecule has 0 amide bonds. The van der Waals surface area contributed by atoms with E-state index in [1.54, 1.807) is 13.0 Å². The molecule has 0 bridgehead atoms. The Morgan fingerprint density at radius 1 is 1.62 bits per heavy atom. The van der Waals surface area contributed by atoms with Crippen molar-refractivity contribution in [3.63, 3.8) is 0 Å². The number of rotatable bonds is 3. The van der Waals surface area contributed by atoms with Crippen LogP contribution >= 0.6 is 11.8 Å². The topological polar surface area (TPSA) is 46.2 Å². The van der Waals surface area contributed by atoms with Crippen molar-refractivity contribution < 1.29 is 9.50 Å². The van der Waals surface area contributed by atoms with Gasteiger partial charge in [-0.15, -0.1) is 0 Å². The van der Waals surface area contributed by atoms with Crippen molar-refractivity contribution in [2.24, 2.45) is 5.73 Å². The summed E-state index contributed by atoms with van der Waals surface area (Å²) < 4.78 is 12.7. The first kappa shape index (κ1) is 10.5. The highest BCUT2D eigenvalue weighted by Crippen LogP contribution is 2.25. The van der Waals surface area contributed by atoms with Gasteiger partial charge in [0.15, 0.2) is 0 Å². The lowest BCUT2D eigenvalue weighted by Crippen LogP contribution is -2.15. The molecule has 3 N–H and O–H groups in total. The van der Waals surface area contributed by atoms with Crippen molar-refractivity contribution in [2.45, 2.75) is 17.3 Å². The molecule has 0 aromatic heterocycles. The Morgan fingerprint density at radius 3 is 2.85 bits per heavy atom. The summed E-state index contributed by atoms with van der Waals surface area (Å²) in [5.41, 5.74) is 5.45. The molecule has 0 aliphatic heterocycles. The van der Waals surface area contributed by atoms with Crippen molar-refractivity contribution >= 4 is 11.8 Å². The molecule has 2 nitrogen and oxygen atoms in total. The molecule has 0 fully saturated rings. The summed E-state index contributed by atoms with van der Waals surface area (Å²) in [5, 5.41) is 9.25. The third-order valence-corrected chi connectivity index (χ3v) is 2.78. The number of hydrogen-bond donors (Lipinski definition) is 2. The highest BCUT2D eigenvalue weighted by atomic mass is 32.2. The first-order valence-corrected chi connectivity index (χ1v) is 4.82. The fraction of sp³-hybridized carbons (Fsp3) is 0.333. The summed E-state index contributed by atoms with van der Waals surface area (Å²) in [5.74, 6) is -0.260. The average molecular weight is 201 g/mol. The van der Waals surface area contributed by atoms with Gasteiger partial charge in [-0.2, -0.15) is 0 Å².